The zero-order valence-electron chi connectivity index (χ0n) is 19.6. The lowest BCUT2D eigenvalue weighted by molar-refractivity contribution is 0.0136. The first-order chi connectivity index (χ1) is 16.2. The Morgan fingerprint density at radius 3 is 2.71 bits per heavy atom. The third-order valence-corrected chi connectivity index (χ3v) is 5.86. The molecule has 182 valence electrons. The number of rotatable bonds is 8. The van der Waals surface area contributed by atoms with E-state index in [4.69, 9.17) is 14.2 Å². The van der Waals surface area contributed by atoms with Crippen molar-refractivity contribution in [3.8, 4) is 11.5 Å². The van der Waals surface area contributed by atoms with E-state index in [9.17, 15) is 13.2 Å². The molecule has 9 heteroatoms. The van der Waals surface area contributed by atoms with Crippen LogP contribution in [0.5, 0.6) is 11.5 Å². The average Bonchev–Trinajstić information content (AvgIpc) is 3.30. The van der Waals surface area contributed by atoms with Crippen LogP contribution in [-0.2, 0) is 10.7 Å². The minimum Gasteiger partial charge on any atom is -0.493 e. The summed E-state index contributed by atoms with van der Waals surface area (Å²) < 4.78 is 59.7. The van der Waals surface area contributed by atoms with E-state index in [0.29, 0.717) is 47.6 Å². The van der Waals surface area contributed by atoms with E-state index >= 15 is 0 Å². The normalized spacial score (nSPS) is 17.1. The highest BCUT2D eigenvalue weighted by Gasteiger charge is 2.30. The van der Waals surface area contributed by atoms with Crippen molar-refractivity contribution in [3.05, 3.63) is 53.1 Å². The van der Waals surface area contributed by atoms with Gasteiger partial charge in [0.1, 0.15) is 24.1 Å². The molecular formula is C25H28F3N3O3. The molecule has 0 saturated carbocycles. The highest BCUT2D eigenvalue weighted by molar-refractivity contribution is 5.92. The van der Waals surface area contributed by atoms with Gasteiger partial charge in [0.15, 0.2) is 11.5 Å². The maximum atomic E-state index is 14.9. The number of hydrogen-bond acceptors (Lipinski definition) is 6. The summed E-state index contributed by atoms with van der Waals surface area (Å²) in [5.41, 5.74) is 0.0848. The van der Waals surface area contributed by atoms with Crippen molar-refractivity contribution in [1.82, 2.24) is 9.97 Å². The van der Waals surface area contributed by atoms with Crippen molar-refractivity contribution in [2.45, 2.75) is 51.7 Å². The van der Waals surface area contributed by atoms with Crippen LogP contribution in [0.15, 0.2) is 30.3 Å². The first kappa shape index (κ1) is 24.1. The lowest BCUT2D eigenvalue weighted by atomic mass is 10.0. The molecule has 0 unspecified atom stereocenters. The smallest absolute Gasteiger partial charge is 0.273 e. The average molecular weight is 476 g/mol. The SMILES string of the molecule is COc1cc2nc(C)nc(N[C@H](C)c3cccc(C(C)(F)F)c3F)c2cc1OC[C@H]1CCCO1. The molecule has 2 heterocycles. The molecule has 1 fully saturated rings. The Kier molecular flexibility index (Phi) is 6.84. The number of alkyl halides is 2. The van der Waals surface area contributed by atoms with Gasteiger partial charge in [0.2, 0.25) is 0 Å². The number of methoxy groups -OCH3 is 1. The van der Waals surface area contributed by atoms with Gasteiger partial charge in [-0.05, 0) is 32.8 Å². The van der Waals surface area contributed by atoms with Crippen molar-refractivity contribution in [1.29, 1.82) is 0 Å². The third kappa shape index (κ3) is 5.04. The minimum absolute atomic E-state index is 0.0271. The molecular weight excluding hydrogens is 447 g/mol. The van der Waals surface area contributed by atoms with Crippen molar-refractivity contribution in [2.24, 2.45) is 0 Å². The van der Waals surface area contributed by atoms with Crippen LogP contribution in [0, 0.1) is 12.7 Å². The second kappa shape index (κ2) is 9.66. The molecule has 1 N–H and O–H groups in total. The molecule has 2 atom stereocenters. The van der Waals surface area contributed by atoms with Crippen LogP contribution in [-0.4, -0.2) is 36.4 Å². The predicted molar refractivity (Wildman–Crippen MR) is 123 cm³/mol. The highest BCUT2D eigenvalue weighted by atomic mass is 19.3. The number of aromatic nitrogens is 2. The monoisotopic (exact) mass is 475 g/mol. The number of fused-ring (bicyclic) bond motifs is 1. The fourth-order valence-electron chi connectivity index (χ4n) is 4.10. The molecule has 1 saturated heterocycles. The maximum Gasteiger partial charge on any atom is 0.273 e. The van der Waals surface area contributed by atoms with Crippen LogP contribution in [0.25, 0.3) is 10.9 Å². The maximum absolute atomic E-state index is 14.9. The Labute approximate surface area is 196 Å². The molecule has 1 aromatic heterocycles. The van der Waals surface area contributed by atoms with E-state index in [2.05, 4.69) is 15.3 Å². The van der Waals surface area contributed by atoms with Gasteiger partial charge in [-0.2, -0.15) is 0 Å². The van der Waals surface area contributed by atoms with E-state index in [1.807, 2.05) is 0 Å². The standard InChI is InChI=1S/C25H28F3N3O3/c1-14(17-8-5-9-19(23(17)26)25(3,27)28)29-24-18-11-22(34-13-16-7-6-10-33-16)21(32-4)12-20(18)30-15(2)31-24/h5,8-9,11-12,14,16H,6-7,10,13H2,1-4H3,(H,29,30,31)/t14-,16-/m1/s1. The van der Waals surface area contributed by atoms with Crippen LogP contribution < -0.4 is 14.8 Å². The van der Waals surface area contributed by atoms with Gasteiger partial charge < -0.3 is 19.5 Å². The fraction of sp³-hybridized carbons (Fsp3) is 0.440. The Morgan fingerprint density at radius 2 is 2.03 bits per heavy atom. The lowest BCUT2D eigenvalue weighted by Gasteiger charge is -2.21. The van der Waals surface area contributed by atoms with Crippen molar-refractivity contribution < 1.29 is 27.4 Å². The summed E-state index contributed by atoms with van der Waals surface area (Å²) in [4.78, 5) is 8.97. The van der Waals surface area contributed by atoms with Crippen LogP contribution in [0.3, 0.4) is 0 Å². The number of anilines is 1. The van der Waals surface area contributed by atoms with Gasteiger partial charge in [0.05, 0.1) is 30.3 Å². The summed E-state index contributed by atoms with van der Waals surface area (Å²) in [6.45, 7) is 5.22. The van der Waals surface area contributed by atoms with E-state index in [-0.39, 0.29) is 11.7 Å². The van der Waals surface area contributed by atoms with Gasteiger partial charge in [0, 0.05) is 30.5 Å². The zero-order chi connectivity index (χ0) is 24.5. The Balaban J connectivity index is 1.68. The van der Waals surface area contributed by atoms with Crippen LogP contribution in [0.1, 0.15) is 49.7 Å². The second-order valence-electron chi connectivity index (χ2n) is 8.55. The molecule has 0 amide bonds. The zero-order valence-corrected chi connectivity index (χ0v) is 19.6. The number of hydrogen-bond donors (Lipinski definition) is 1. The molecule has 0 aliphatic carbocycles. The number of aryl methyl sites for hydroxylation is 1. The predicted octanol–water partition coefficient (Wildman–Crippen LogP) is 5.93. The number of benzene rings is 2. The summed E-state index contributed by atoms with van der Waals surface area (Å²) >= 11 is 0. The lowest BCUT2D eigenvalue weighted by Crippen LogP contribution is -2.17. The number of halogens is 3. The summed E-state index contributed by atoms with van der Waals surface area (Å²) in [5.74, 6) is -2.27. The molecule has 1 aliphatic rings. The highest BCUT2D eigenvalue weighted by Crippen LogP contribution is 2.37. The summed E-state index contributed by atoms with van der Waals surface area (Å²) in [7, 11) is 1.55. The molecule has 1 aliphatic heterocycles. The molecule has 6 nitrogen and oxygen atoms in total. The van der Waals surface area contributed by atoms with Crippen molar-refractivity contribution in [3.63, 3.8) is 0 Å². The Morgan fingerprint density at radius 1 is 1.24 bits per heavy atom. The van der Waals surface area contributed by atoms with E-state index < -0.39 is 23.3 Å². The number of ether oxygens (including phenoxy) is 3. The quantitative estimate of drug-likeness (QED) is 0.436. The molecule has 34 heavy (non-hydrogen) atoms. The first-order valence-corrected chi connectivity index (χ1v) is 11.2. The van der Waals surface area contributed by atoms with Gasteiger partial charge in [0.25, 0.3) is 5.92 Å². The van der Waals surface area contributed by atoms with Crippen LogP contribution >= 0.6 is 0 Å². The number of nitrogens with zero attached hydrogens (tertiary/aromatic N) is 2. The van der Waals surface area contributed by atoms with Crippen LogP contribution in [0.2, 0.25) is 0 Å². The minimum atomic E-state index is -3.29. The molecule has 0 spiro atoms. The molecule has 0 bridgehead atoms. The van der Waals surface area contributed by atoms with E-state index in [1.165, 1.54) is 12.1 Å². The van der Waals surface area contributed by atoms with Crippen molar-refractivity contribution in [2.75, 3.05) is 25.6 Å². The summed E-state index contributed by atoms with van der Waals surface area (Å²) in [6.07, 6.45) is 1.97. The Bertz CT molecular complexity index is 1180. The third-order valence-electron chi connectivity index (χ3n) is 5.86. The second-order valence-corrected chi connectivity index (χ2v) is 8.55. The summed E-state index contributed by atoms with van der Waals surface area (Å²) in [5, 5.41) is 3.80. The molecule has 4 rings (SSSR count). The molecule has 2 aromatic carbocycles. The molecule has 3 aromatic rings. The van der Waals surface area contributed by atoms with E-state index in [0.717, 1.165) is 25.5 Å². The van der Waals surface area contributed by atoms with Gasteiger partial charge in [-0.1, -0.05) is 18.2 Å². The largest absolute Gasteiger partial charge is 0.493 e. The van der Waals surface area contributed by atoms with Gasteiger partial charge >= 0.3 is 0 Å². The number of nitrogens with one attached hydrogen (secondary N) is 1. The van der Waals surface area contributed by atoms with E-state index in [1.54, 1.807) is 33.1 Å². The molecule has 0 radical (unpaired) electrons. The Hall–Kier alpha value is -3.07. The topological polar surface area (TPSA) is 65.5 Å². The van der Waals surface area contributed by atoms with Crippen LogP contribution in [0.4, 0.5) is 19.0 Å². The van der Waals surface area contributed by atoms with Gasteiger partial charge in [-0.15, -0.1) is 0 Å². The van der Waals surface area contributed by atoms with Gasteiger partial charge in [-0.25, -0.2) is 23.1 Å². The van der Waals surface area contributed by atoms with Gasteiger partial charge in [-0.3, -0.25) is 0 Å². The summed E-state index contributed by atoms with van der Waals surface area (Å²) in [6, 6.07) is 6.89. The first-order valence-electron chi connectivity index (χ1n) is 11.2. The fourth-order valence-corrected chi connectivity index (χ4v) is 4.10. The van der Waals surface area contributed by atoms with Crippen molar-refractivity contribution >= 4 is 16.7 Å².